The van der Waals surface area contributed by atoms with Crippen LogP contribution in [-0.4, -0.2) is 9.81 Å². The standard InChI is InChI=1S/C7H5ClF3NO/c1-12-2-4(6(8)13)5(3-12)7(9,10)11/h2-3H,1H3. The van der Waals surface area contributed by atoms with Crippen LogP contribution in [0.4, 0.5) is 13.2 Å². The average Bonchev–Trinajstić information content (AvgIpc) is 2.29. The predicted molar refractivity (Wildman–Crippen MR) is 40.6 cm³/mol. The first-order chi connectivity index (χ1) is 5.82. The number of aromatic nitrogens is 1. The van der Waals surface area contributed by atoms with Crippen LogP contribution in [0.25, 0.3) is 0 Å². The molecular weight excluding hydrogens is 207 g/mol. The molecule has 0 unspecified atom stereocenters. The fourth-order valence-corrected chi connectivity index (χ4v) is 1.12. The van der Waals surface area contributed by atoms with Gasteiger partial charge in [-0.2, -0.15) is 13.2 Å². The van der Waals surface area contributed by atoms with E-state index in [1.165, 1.54) is 7.05 Å². The van der Waals surface area contributed by atoms with Gasteiger partial charge >= 0.3 is 6.18 Å². The zero-order valence-corrected chi connectivity index (χ0v) is 7.28. The Balaban J connectivity index is 3.28. The van der Waals surface area contributed by atoms with Gasteiger partial charge in [0, 0.05) is 19.4 Å². The van der Waals surface area contributed by atoms with Crippen molar-refractivity contribution < 1.29 is 18.0 Å². The van der Waals surface area contributed by atoms with Crippen molar-refractivity contribution in [2.75, 3.05) is 0 Å². The Morgan fingerprint density at radius 2 is 2.00 bits per heavy atom. The van der Waals surface area contributed by atoms with Crippen molar-refractivity contribution in [1.82, 2.24) is 4.57 Å². The van der Waals surface area contributed by atoms with Gasteiger partial charge in [-0.05, 0) is 11.6 Å². The van der Waals surface area contributed by atoms with Crippen LogP contribution < -0.4 is 0 Å². The molecule has 1 rings (SSSR count). The molecule has 0 aliphatic rings. The van der Waals surface area contributed by atoms with Crippen LogP contribution in [0.1, 0.15) is 15.9 Å². The third-order valence-corrected chi connectivity index (χ3v) is 1.68. The van der Waals surface area contributed by atoms with Gasteiger partial charge < -0.3 is 4.57 Å². The number of nitrogens with zero attached hydrogens (tertiary/aromatic N) is 1. The van der Waals surface area contributed by atoms with Crippen molar-refractivity contribution in [1.29, 1.82) is 0 Å². The van der Waals surface area contributed by atoms with Gasteiger partial charge in [-0.15, -0.1) is 0 Å². The van der Waals surface area contributed by atoms with Gasteiger partial charge in [0.05, 0.1) is 11.1 Å². The van der Waals surface area contributed by atoms with Crippen molar-refractivity contribution in [3.63, 3.8) is 0 Å². The lowest BCUT2D eigenvalue weighted by Gasteiger charge is -2.03. The lowest BCUT2D eigenvalue weighted by atomic mass is 10.2. The molecule has 0 amide bonds. The first kappa shape index (κ1) is 10.1. The van der Waals surface area contributed by atoms with Gasteiger partial charge in [-0.3, -0.25) is 4.79 Å². The topological polar surface area (TPSA) is 22.0 Å². The highest BCUT2D eigenvalue weighted by Gasteiger charge is 2.36. The highest BCUT2D eigenvalue weighted by atomic mass is 35.5. The summed E-state index contributed by atoms with van der Waals surface area (Å²) in [6.45, 7) is 0. The van der Waals surface area contributed by atoms with E-state index < -0.39 is 22.5 Å². The van der Waals surface area contributed by atoms with Crippen LogP contribution >= 0.6 is 11.6 Å². The van der Waals surface area contributed by atoms with E-state index in [1.54, 1.807) is 0 Å². The minimum atomic E-state index is -4.54. The summed E-state index contributed by atoms with van der Waals surface area (Å²) in [5.74, 6) is 0. The van der Waals surface area contributed by atoms with Crippen molar-refractivity contribution in [2.45, 2.75) is 6.18 Å². The van der Waals surface area contributed by atoms with Crippen molar-refractivity contribution in [3.05, 3.63) is 23.5 Å². The summed E-state index contributed by atoms with van der Waals surface area (Å²) in [7, 11) is 1.39. The molecule has 0 radical (unpaired) electrons. The number of aryl methyl sites for hydroxylation is 1. The van der Waals surface area contributed by atoms with E-state index in [4.69, 9.17) is 11.6 Å². The SMILES string of the molecule is Cn1cc(C(=O)Cl)c(C(F)(F)F)c1. The number of carbonyl (C=O) groups excluding carboxylic acids is 1. The molecule has 0 saturated heterocycles. The molecular formula is C7H5ClF3NO. The summed E-state index contributed by atoms with van der Waals surface area (Å²) >= 11 is 4.98. The molecule has 0 aromatic carbocycles. The number of halogens is 4. The summed E-state index contributed by atoms with van der Waals surface area (Å²) in [5.41, 5.74) is -1.52. The molecule has 1 heterocycles. The Kier molecular flexibility index (Phi) is 2.38. The molecule has 0 aliphatic carbocycles. The monoisotopic (exact) mass is 211 g/mol. The Hall–Kier alpha value is -0.970. The van der Waals surface area contributed by atoms with E-state index in [1.807, 2.05) is 0 Å². The van der Waals surface area contributed by atoms with Gasteiger partial charge in [0.15, 0.2) is 0 Å². The third kappa shape index (κ3) is 2.03. The molecule has 0 saturated carbocycles. The van der Waals surface area contributed by atoms with Gasteiger partial charge in [0.1, 0.15) is 0 Å². The summed E-state index contributed by atoms with van der Waals surface area (Å²) in [5, 5.41) is -1.10. The summed E-state index contributed by atoms with van der Waals surface area (Å²) in [6.07, 6.45) is -2.69. The van der Waals surface area contributed by atoms with E-state index in [9.17, 15) is 18.0 Å². The molecule has 2 nitrogen and oxygen atoms in total. The molecule has 6 heteroatoms. The predicted octanol–water partition coefficient (Wildman–Crippen LogP) is 2.42. The number of carbonyl (C=O) groups is 1. The van der Waals surface area contributed by atoms with Crippen molar-refractivity contribution in [2.24, 2.45) is 7.05 Å². The van der Waals surface area contributed by atoms with E-state index in [0.29, 0.717) is 0 Å². The number of rotatable bonds is 1. The second kappa shape index (κ2) is 3.06. The molecule has 0 bridgehead atoms. The molecule has 13 heavy (non-hydrogen) atoms. The van der Waals surface area contributed by atoms with Crippen LogP contribution in [0, 0.1) is 0 Å². The fraction of sp³-hybridized carbons (Fsp3) is 0.286. The number of hydrogen-bond donors (Lipinski definition) is 0. The third-order valence-electron chi connectivity index (χ3n) is 1.47. The summed E-state index contributed by atoms with van der Waals surface area (Å²) < 4.78 is 37.7. The van der Waals surface area contributed by atoms with E-state index in [0.717, 1.165) is 17.0 Å². The van der Waals surface area contributed by atoms with E-state index >= 15 is 0 Å². The zero-order valence-electron chi connectivity index (χ0n) is 6.52. The van der Waals surface area contributed by atoms with Crippen LogP contribution in [0.5, 0.6) is 0 Å². The van der Waals surface area contributed by atoms with Crippen molar-refractivity contribution in [3.8, 4) is 0 Å². The van der Waals surface area contributed by atoms with Crippen LogP contribution in [-0.2, 0) is 13.2 Å². The van der Waals surface area contributed by atoms with Crippen LogP contribution in [0.3, 0.4) is 0 Å². The van der Waals surface area contributed by atoms with Gasteiger partial charge in [0.2, 0.25) is 0 Å². The number of hydrogen-bond acceptors (Lipinski definition) is 1. The maximum absolute atomic E-state index is 12.2. The van der Waals surface area contributed by atoms with Gasteiger partial charge in [0.25, 0.3) is 5.24 Å². The van der Waals surface area contributed by atoms with E-state index in [-0.39, 0.29) is 0 Å². The molecule has 0 atom stereocenters. The van der Waals surface area contributed by atoms with Crippen LogP contribution in [0.2, 0.25) is 0 Å². The highest BCUT2D eigenvalue weighted by Crippen LogP contribution is 2.32. The fourth-order valence-electron chi connectivity index (χ4n) is 0.966. The molecule has 0 N–H and O–H groups in total. The van der Waals surface area contributed by atoms with Gasteiger partial charge in [-0.25, -0.2) is 0 Å². The zero-order chi connectivity index (χ0) is 10.2. The maximum atomic E-state index is 12.2. The highest BCUT2D eigenvalue weighted by molar-refractivity contribution is 6.67. The van der Waals surface area contributed by atoms with Crippen molar-refractivity contribution >= 4 is 16.8 Å². The molecule has 0 spiro atoms. The molecule has 0 fully saturated rings. The second-order valence-electron chi connectivity index (χ2n) is 2.52. The maximum Gasteiger partial charge on any atom is 0.418 e. The quantitative estimate of drug-likeness (QED) is 0.654. The Morgan fingerprint density at radius 3 is 2.31 bits per heavy atom. The molecule has 1 aromatic heterocycles. The summed E-state index contributed by atoms with van der Waals surface area (Å²) in [6, 6.07) is 0. The first-order valence-corrected chi connectivity index (χ1v) is 3.63. The summed E-state index contributed by atoms with van der Waals surface area (Å²) in [4.78, 5) is 10.6. The minimum absolute atomic E-state index is 0.517. The Labute approximate surface area is 76.9 Å². The average molecular weight is 212 g/mol. The Morgan fingerprint density at radius 1 is 1.46 bits per heavy atom. The minimum Gasteiger partial charge on any atom is -0.356 e. The van der Waals surface area contributed by atoms with E-state index in [2.05, 4.69) is 0 Å². The van der Waals surface area contributed by atoms with Crippen LogP contribution in [0.15, 0.2) is 12.4 Å². The normalized spacial score (nSPS) is 11.8. The van der Waals surface area contributed by atoms with Gasteiger partial charge in [-0.1, -0.05) is 0 Å². The lowest BCUT2D eigenvalue weighted by Crippen LogP contribution is -2.07. The first-order valence-electron chi connectivity index (χ1n) is 3.25. The Bertz CT molecular complexity index is 342. The molecule has 1 aromatic rings. The molecule has 0 aliphatic heterocycles. The smallest absolute Gasteiger partial charge is 0.356 e. The number of alkyl halides is 3. The lowest BCUT2D eigenvalue weighted by molar-refractivity contribution is -0.137. The molecule has 72 valence electrons. The second-order valence-corrected chi connectivity index (χ2v) is 2.87. The largest absolute Gasteiger partial charge is 0.418 e.